The highest BCUT2D eigenvalue weighted by Gasteiger charge is 2.14. The van der Waals surface area contributed by atoms with Crippen LogP contribution < -0.4 is 18.9 Å². The van der Waals surface area contributed by atoms with Crippen LogP contribution in [0.2, 0.25) is 0 Å². The molecule has 132 valence electrons. The summed E-state index contributed by atoms with van der Waals surface area (Å²) in [6.45, 7) is 0. The van der Waals surface area contributed by atoms with E-state index in [1.807, 2.05) is 6.07 Å². The molecule has 0 spiro atoms. The smallest absolute Gasteiger partial charge is 0.189 e. The van der Waals surface area contributed by atoms with Crippen LogP contribution in [0.5, 0.6) is 23.0 Å². The minimum Gasteiger partial charge on any atom is -0.496 e. The number of ketones is 1. The zero-order chi connectivity index (χ0) is 18.4. The highest BCUT2D eigenvalue weighted by atomic mass is 79.9. The Kier molecular flexibility index (Phi) is 6.47. The normalized spacial score (nSPS) is 10.6. The zero-order valence-electron chi connectivity index (χ0n) is 14.5. The van der Waals surface area contributed by atoms with Crippen molar-refractivity contribution >= 4 is 27.8 Å². The molecule has 2 aromatic carbocycles. The molecule has 0 unspecified atom stereocenters. The van der Waals surface area contributed by atoms with E-state index < -0.39 is 0 Å². The first-order chi connectivity index (χ1) is 12.0. The SMILES string of the molecule is COc1cc(OC)c(C(=O)C=Cc2ccc(OC)c(OC)c2)cc1Br. The lowest BCUT2D eigenvalue weighted by atomic mass is 10.1. The number of carbonyl (C=O) groups is 1. The van der Waals surface area contributed by atoms with E-state index in [1.54, 1.807) is 51.7 Å². The van der Waals surface area contributed by atoms with E-state index in [2.05, 4.69) is 15.9 Å². The minimum absolute atomic E-state index is 0.185. The van der Waals surface area contributed by atoms with Gasteiger partial charge in [-0.1, -0.05) is 12.1 Å². The van der Waals surface area contributed by atoms with Crippen LogP contribution in [-0.4, -0.2) is 34.2 Å². The molecule has 0 fully saturated rings. The molecule has 0 aromatic heterocycles. The molecule has 0 aliphatic rings. The fraction of sp³-hybridized carbons (Fsp3) is 0.211. The quantitative estimate of drug-likeness (QED) is 0.504. The number of rotatable bonds is 7. The molecule has 2 rings (SSSR count). The van der Waals surface area contributed by atoms with E-state index in [0.29, 0.717) is 33.0 Å². The third kappa shape index (κ3) is 4.33. The number of hydrogen-bond donors (Lipinski definition) is 0. The molecular weight excluding hydrogens is 388 g/mol. The summed E-state index contributed by atoms with van der Waals surface area (Å²) < 4.78 is 21.7. The molecule has 0 aliphatic carbocycles. The van der Waals surface area contributed by atoms with Gasteiger partial charge in [0.15, 0.2) is 17.3 Å². The standard InChI is InChI=1S/C19H19BrO5/c1-22-16-8-6-12(9-19(16)25-4)5-7-15(21)13-10-14(20)18(24-3)11-17(13)23-2/h5-11H,1-4H3. The summed E-state index contributed by atoms with van der Waals surface area (Å²) in [6.07, 6.45) is 3.19. The Labute approximate surface area is 155 Å². The Morgan fingerprint density at radius 3 is 2.08 bits per heavy atom. The molecule has 0 saturated carbocycles. The second kappa shape index (κ2) is 8.58. The Balaban J connectivity index is 2.30. The largest absolute Gasteiger partial charge is 0.496 e. The molecule has 0 heterocycles. The second-order valence-corrected chi connectivity index (χ2v) is 5.85. The van der Waals surface area contributed by atoms with Gasteiger partial charge >= 0.3 is 0 Å². The second-order valence-electron chi connectivity index (χ2n) is 5.00. The summed E-state index contributed by atoms with van der Waals surface area (Å²) in [7, 11) is 6.20. The van der Waals surface area contributed by atoms with Gasteiger partial charge in [0, 0.05) is 6.07 Å². The predicted octanol–water partition coefficient (Wildman–Crippen LogP) is 4.38. The van der Waals surface area contributed by atoms with Crippen LogP contribution in [0.1, 0.15) is 15.9 Å². The molecule has 0 radical (unpaired) electrons. The fourth-order valence-electron chi connectivity index (χ4n) is 2.27. The predicted molar refractivity (Wildman–Crippen MR) is 100 cm³/mol. The van der Waals surface area contributed by atoms with Gasteiger partial charge in [-0.25, -0.2) is 0 Å². The van der Waals surface area contributed by atoms with Crippen LogP contribution in [0.3, 0.4) is 0 Å². The van der Waals surface area contributed by atoms with Crippen LogP contribution in [-0.2, 0) is 0 Å². The Morgan fingerprint density at radius 2 is 1.48 bits per heavy atom. The van der Waals surface area contributed by atoms with Gasteiger partial charge in [-0.2, -0.15) is 0 Å². The van der Waals surface area contributed by atoms with Gasteiger partial charge in [0.25, 0.3) is 0 Å². The maximum absolute atomic E-state index is 12.5. The number of allylic oxidation sites excluding steroid dienone is 1. The first kappa shape index (κ1) is 18.9. The number of benzene rings is 2. The van der Waals surface area contributed by atoms with Crippen molar-refractivity contribution < 1.29 is 23.7 Å². The van der Waals surface area contributed by atoms with Gasteiger partial charge in [0.2, 0.25) is 0 Å². The lowest BCUT2D eigenvalue weighted by Crippen LogP contribution is -2.00. The van der Waals surface area contributed by atoms with E-state index >= 15 is 0 Å². The number of carbonyl (C=O) groups excluding carboxylic acids is 1. The lowest BCUT2D eigenvalue weighted by molar-refractivity contribution is 0.104. The topological polar surface area (TPSA) is 54.0 Å². The molecular formula is C19H19BrO5. The number of methoxy groups -OCH3 is 4. The van der Waals surface area contributed by atoms with E-state index in [4.69, 9.17) is 18.9 Å². The summed E-state index contributed by atoms with van der Waals surface area (Å²) in [6, 6.07) is 8.77. The Morgan fingerprint density at radius 1 is 0.840 bits per heavy atom. The maximum Gasteiger partial charge on any atom is 0.189 e. The van der Waals surface area contributed by atoms with Crippen molar-refractivity contribution in [2.24, 2.45) is 0 Å². The van der Waals surface area contributed by atoms with Crippen LogP contribution in [0.4, 0.5) is 0 Å². The van der Waals surface area contributed by atoms with Gasteiger partial charge in [-0.15, -0.1) is 0 Å². The molecule has 0 amide bonds. The van der Waals surface area contributed by atoms with Crippen molar-refractivity contribution in [3.8, 4) is 23.0 Å². The first-order valence-electron chi connectivity index (χ1n) is 7.40. The molecule has 0 N–H and O–H groups in total. The number of ether oxygens (including phenoxy) is 4. The van der Waals surface area contributed by atoms with Gasteiger partial charge in [0.05, 0.1) is 38.5 Å². The summed E-state index contributed by atoms with van der Waals surface area (Å²) in [4.78, 5) is 12.5. The summed E-state index contributed by atoms with van der Waals surface area (Å²) in [5.74, 6) is 2.09. The van der Waals surface area contributed by atoms with Crippen molar-refractivity contribution in [3.63, 3.8) is 0 Å². The third-order valence-electron chi connectivity index (χ3n) is 3.57. The van der Waals surface area contributed by atoms with Crippen LogP contribution >= 0.6 is 15.9 Å². The van der Waals surface area contributed by atoms with Crippen molar-refractivity contribution in [1.29, 1.82) is 0 Å². The van der Waals surface area contributed by atoms with Crippen molar-refractivity contribution in [2.45, 2.75) is 0 Å². The van der Waals surface area contributed by atoms with E-state index in [-0.39, 0.29) is 5.78 Å². The van der Waals surface area contributed by atoms with Gasteiger partial charge < -0.3 is 18.9 Å². The van der Waals surface area contributed by atoms with Crippen molar-refractivity contribution in [2.75, 3.05) is 28.4 Å². The highest BCUT2D eigenvalue weighted by molar-refractivity contribution is 9.10. The van der Waals surface area contributed by atoms with Crippen LogP contribution in [0.25, 0.3) is 6.08 Å². The molecule has 25 heavy (non-hydrogen) atoms. The monoisotopic (exact) mass is 406 g/mol. The zero-order valence-corrected chi connectivity index (χ0v) is 16.0. The van der Waals surface area contributed by atoms with Gasteiger partial charge in [-0.05, 0) is 45.8 Å². The average Bonchev–Trinajstić information content (AvgIpc) is 2.65. The van der Waals surface area contributed by atoms with Crippen LogP contribution in [0, 0.1) is 0 Å². The van der Waals surface area contributed by atoms with E-state index in [9.17, 15) is 4.79 Å². The fourth-order valence-corrected chi connectivity index (χ4v) is 2.78. The summed E-state index contributed by atoms with van der Waals surface area (Å²) >= 11 is 3.38. The molecule has 0 atom stereocenters. The first-order valence-corrected chi connectivity index (χ1v) is 8.19. The van der Waals surface area contributed by atoms with Crippen LogP contribution in [0.15, 0.2) is 40.9 Å². The third-order valence-corrected chi connectivity index (χ3v) is 4.19. The highest BCUT2D eigenvalue weighted by Crippen LogP contribution is 2.33. The summed E-state index contributed by atoms with van der Waals surface area (Å²) in [5.41, 5.74) is 1.25. The lowest BCUT2D eigenvalue weighted by Gasteiger charge is -2.10. The minimum atomic E-state index is -0.185. The Bertz CT molecular complexity index is 799. The number of hydrogen-bond acceptors (Lipinski definition) is 5. The summed E-state index contributed by atoms with van der Waals surface area (Å²) in [5, 5.41) is 0. The Hall–Kier alpha value is -2.47. The van der Waals surface area contributed by atoms with E-state index in [1.165, 1.54) is 13.2 Å². The van der Waals surface area contributed by atoms with Gasteiger partial charge in [0.1, 0.15) is 11.5 Å². The van der Waals surface area contributed by atoms with Crippen molar-refractivity contribution in [3.05, 3.63) is 52.0 Å². The van der Waals surface area contributed by atoms with Gasteiger partial charge in [-0.3, -0.25) is 4.79 Å². The molecule has 2 aromatic rings. The average molecular weight is 407 g/mol. The molecule has 0 bridgehead atoms. The molecule has 0 aliphatic heterocycles. The number of halogens is 1. The molecule has 5 nitrogen and oxygen atoms in total. The van der Waals surface area contributed by atoms with E-state index in [0.717, 1.165) is 5.56 Å². The maximum atomic E-state index is 12.5. The molecule has 6 heteroatoms. The van der Waals surface area contributed by atoms with Crippen molar-refractivity contribution in [1.82, 2.24) is 0 Å². The molecule has 0 saturated heterocycles.